The molecule has 2 rings (SSSR count). The van der Waals surface area contributed by atoms with Gasteiger partial charge in [-0.25, -0.2) is 10.2 Å². The Labute approximate surface area is 151 Å². The monoisotopic (exact) mass is 356 g/mol. The molecule has 0 aliphatic rings. The van der Waals surface area contributed by atoms with Crippen LogP contribution < -0.4 is 14.9 Å². The van der Waals surface area contributed by atoms with Crippen molar-refractivity contribution in [3.05, 3.63) is 59.2 Å². The van der Waals surface area contributed by atoms with E-state index in [4.69, 9.17) is 9.47 Å². The van der Waals surface area contributed by atoms with Crippen molar-refractivity contribution >= 4 is 18.1 Å². The molecule has 0 saturated carbocycles. The predicted molar refractivity (Wildman–Crippen MR) is 96.8 cm³/mol. The summed E-state index contributed by atoms with van der Waals surface area (Å²) in [7, 11) is 4.42. The van der Waals surface area contributed by atoms with E-state index in [0.717, 1.165) is 11.1 Å². The number of benzene rings is 2. The number of amides is 1. The standard InChI is InChI=1S/C19H20N2O5/c1-24-16-9-6-14(10-17(16)25-2)11-18(22)21-20-12-13-4-7-15(8-5-13)19(23)26-3/h4-10,12H,11H2,1-3H3,(H,21,22). The molecule has 0 atom stereocenters. The number of carbonyl (C=O) groups is 2. The summed E-state index contributed by atoms with van der Waals surface area (Å²) in [5.41, 5.74) is 4.42. The molecule has 0 aliphatic heterocycles. The zero-order valence-corrected chi connectivity index (χ0v) is 14.8. The summed E-state index contributed by atoms with van der Waals surface area (Å²) >= 11 is 0. The van der Waals surface area contributed by atoms with Crippen LogP contribution in [0.2, 0.25) is 0 Å². The van der Waals surface area contributed by atoms with Gasteiger partial charge >= 0.3 is 5.97 Å². The maximum absolute atomic E-state index is 12.0. The summed E-state index contributed by atoms with van der Waals surface area (Å²) in [5, 5.41) is 3.91. The maximum Gasteiger partial charge on any atom is 0.337 e. The average molecular weight is 356 g/mol. The predicted octanol–water partition coefficient (Wildman–Crippen LogP) is 2.18. The molecule has 2 aromatic rings. The lowest BCUT2D eigenvalue weighted by molar-refractivity contribution is -0.120. The van der Waals surface area contributed by atoms with E-state index >= 15 is 0 Å². The summed E-state index contributed by atoms with van der Waals surface area (Å²) in [4.78, 5) is 23.3. The van der Waals surface area contributed by atoms with Gasteiger partial charge in [0, 0.05) is 0 Å². The molecule has 1 N–H and O–H groups in total. The largest absolute Gasteiger partial charge is 0.493 e. The maximum atomic E-state index is 12.0. The Kier molecular flexibility index (Phi) is 6.73. The minimum Gasteiger partial charge on any atom is -0.493 e. The van der Waals surface area contributed by atoms with Gasteiger partial charge in [0.2, 0.25) is 5.91 Å². The van der Waals surface area contributed by atoms with Crippen molar-refractivity contribution in [2.75, 3.05) is 21.3 Å². The summed E-state index contributed by atoms with van der Waals surface area (Å²) in [6.45, 7) is 0. The molecule has 0 unspecified atom stereocenters. The number of esters is 1. The van der Waals surface area contributed by atoms with E-state index < -0.39 is 5.97 Å². The van der Waals surface area contributed by atoms with Gasteiger partial charge in [-0.05, 0) is 35.4 Å². The highest BCUT2D eigenvalue weighted by Crippen LogP contribution is 2.27. The van der Waals surface area contributed by atoms with Crippen LogP contribution in [0.25, 0.3) is 0 Å². The molecule has 0 radical (unpaired) electrons. The summed E-state index contributed by atoms with van der Waals surface area (Å²) in [5.74, 6) is 0.494. The molecule has 136 valence electrons. The number of hydrazone groups is 1. The van der Waals surface area contributed by atoms with Gasteiger partial charge in [-0.1, -0.05) is 18.2 Å². The van der Waals surface area contributed by atoms with E-state index in [1.165, 1.54) is 20.4 Å². The number of nitrogens with one attached hydrogen (secondary N) is 1. The first-order chi connectivity index (χ1) is 12.6. The van der Waals surface area contributed by atoms with E-state index in [2.05, 4.69) is 15.3 Å². The first-order valence-electron chi connectivity index (χ1n) is 7.78. The highest BCUT2D eigenvalue weighted by molar-refractivity contribution is 5.90. The highest BCUT2D eigenvalue weighted by atomic mass is 16.5. The van der Waals surface area contributed by atoms with Crippen molar-refractivity contribution in [2.24, 2.45) is 5.10 Å². The molecular formula is C19H20N2O5. The quantitative estimate of drug-likeness (QED) is 0.467. The van der Waals surface area contributed by atoms with Crippen molar-refractivity contribution < 1.29 is 23.8 Å². The minimum absolute atomic E-state index is 0.152. The molecule has 7 nitrogen and oxygen atoms in total. The minimum atomic E-state index is -0.406. The van der Waals surface area contributed by atoms with Gasteiger partial charge in [-0.15, -0.1) is 0 Å². The van der Waals surface area contributed by atoms with Gasteiger partial charge in [-0.2, -0.15) is 5.10 Å². The molecule has 0 spiro atoms. The van der Waals surface area contributed by atoms with Crippen LogP contribution in [0.15, 0.2) is 47.6 Å². The van der Waals surface area contributed by atoms with Crippen molar-refractivity contribution in [1.29, 1.82) is 0 Å². The van der Waals surface area contributed by atoms with Gasteiger partial charge in [0.15, 0.2) is 11.5 Å². The summed E-state index contributed by atoms with van der Waals surface area (Å²) < 4.78 is 15.0. The molecule has 0 bridgehead atoms. The second-order valence-electron chi connectivity index (χ2n) is 5.27. The Bertz CT molecular complexity index is 800. The van der Waals surface area contributed by atoms with Crippen molar-refractivity contribution in [3.8, 4) is 11.5 Å². The first-order valence-corrected chi connectivity index (χ1v) is 7.78. The third-order valence-electron chi connectivity index (χ3n) is 3.55. The number of nitrogens with zero attached hydrogens (tertiary/aromatic N) is 1. The Morgan fingerprint density at radius 1 is 1.00 bits per heavy atom. The van der Waals surface area contributed by atoms with Crippen LogP contribution in [-0.2, 0) is 16.0 Å². The molecule has 0 heterocycles. The number of hydrogen-bond acceptors (Lipinski definition) is 6. The van der Waals surface area contributed by atoms with Crippen LogP contribution in [0.5, 0.6) is 11.5 Å². The van der Waals surface area contributed by atoms with Gasteiger partial charge in [-0.3, -0.25) is 4.79 Å². The molecule has 1 amide bonds. The van der Waals surface area contributed by atoms with Gasteiger partial charge in [0.25, 0.3) is 0 Å². The Morgan fingerprint density at radius 2 is 1.69 bits per heavy atom. The van der Waals surface area contributed by atoms with Crippen LogP contribution in [-0.4, -0.2) is 39.4 Å². The fraction of sp³-hybridized carbons (Fsp3) is 0.211. The van der Waals surface area contributed by atoms with Crippen molar-refractivity contribution in [1.82, 2.24) is 5.43 Å². The zero-order valence-electron chi connectivity index (χ0n) is 14.8. The third-order valence-corrected chi connectivity index (χ3v) is 3.55. The van der Waals surface area contributed by atoms with E-state index in [-0.39, 0.29) is 12.3 Å². The molecule has 0 fully saturated rings. The van der Waals surface area contributed by atoms with Crippen LogP contribution in [0.4, 0.5) is 0 Å². The fourth-order valence-corrected chi connectivity index (χ4v) is 2.22. The van der Waals surface area contributed by atoms with Gasteiger partial charge in [0.05, 0.1) is 39.5 Å². The molecule has 2 aromatic carbocycles. The van der Waals surface area contributed by atoms with E-state index in [9.17, 15) is 9.59 Å². The number of methoxy groups -OCH3 is 3. The van der Waals surface area contributed by atoms with Crippen molar-refractivity contribution in [2.45, 2.75) is 6.42 Å². The van der Waals surface area contributed by atoms with Crippen LogP contribution in [0, 0.1) is 0 Å². The molecule has 26 heavy (non-hydrogen) atoms. The lowest BCUT2D eigenvalue weighted by Crippen LogP contribution is -2.19. The second kappa shape index (κ2) is 9.22. The lowest BCUT2D eigenvalue weighted by atomic mass is 10.1. The lowest BCUT2D eigenvalue weighted by Gasteiger charge is -2.09. The Hall–Kier alpha value is -3.35. The smallest absolute Gasteiger partial charge is 0.337 e. The van der Waals surface area contributed by atoms with Crippen molar-refractivity contribution in [3.63, 3.8) is 0 Å². The molecule has 0 aromatic heterocycles. The highest BCUT2D eigenvalue weighted by Gasteiger charge is 2.08. The summed E-state index contributed by atoms with van der Waals surface area (Å²) in [6.07, 6.45) is 1.65. The molecule has 0 aliphatic carbocycles. The van der Waals surface area contributed by atoms with Gasteiger partial charge in [0.1, 0.15) is 0 Å². The summed E-state index contributed by atoms with van der Waals surface area (Å²) in [6, 6.07) is 11.9. The number of carbonyl (C=O) groups excluding carboxylic acids is 2. The Balaban J connectivity index is 1.92. The van der Waals surface area contributed by atoms with E-state index in [1.54, 1.807) is 49.6 Å². The van der Waals surface area contributed by atoms with Crippen LogP contribution in [0.3, 0.4) is 0 Å². The van der Waals surface area contributed by atoms with Crippen LogP contribution in [0.1, 0.15) is 21.5 Å². The fourth-order valence-electron chi connectivity index (χ4n) is 2.22. The van der Waals surface area contributed by atoms with E-state index in [1.807, 2.05) is 0 Å². The third kappa shape index (κ3) is 5.07. The number of rotatable bonds is 7. The second-order valence-corrected chi connectivity index (χ2v) is 5.27. The number of ether oxygens (including phenoxy) is 3. The van der Waals surface area contributed by atoms with E-state index in [0.29, 0.717) is 17.1 Å². The molecule has 7 heteroatoms. The average Bonchev–Trinajstić information content (AvgIpc) is 2.67. The Morgan fingerprint density at radius 3 is 2.31 bits per heavy atom. The molecule has 0 saturated heterocycles. The molecular weight excluding hydrogens is 336 g/mol. The normalized spacial score (nSPS) is 10.4. The topological polar surface area (TPSA) is 86.2 Å². The first kappa shape index (κ1) is 19.0. The SMILES string of the molecule is COC(=O)c1ccc(C=NNC(=O)Cc2ccc(OC)c(OC)c2)cc1. The van der Waals surface area contributed by atoms with Crippen LogP contribution >= 0.6 is 0 Å². The number of hydrogen-bond donors (Lipinski definition) is 1. The zero-order chi connectivity index (χ0) is 18.9. The van der Waals surface area contributed by atoms with Gasteiger partial charge < -0.3 is 14.2 Å².